The highest BCUT2D eigenvalue weighted by Crippen LogP contribution is 2.36. The highest BCUT2D eigenvalue weighted by molar-refractivity contribution is 7.46. The third kappa shape index (κ3) is 38.5. The maximum absolute atomic E-state index is 12.4. The summed E-state index contributed by atoms with van der Waals surface area (Å²) in [4.78, 5) is 42.7. The molecule has 0 bridgehead atoms. The Balaban J connectivity index is 4.12. The SMILES string of the molecule is CC/C=C\C(O)C/C=C/C=C\C/C=C\C/C=C\CCCC(=O)O[C@H](COC(=O)CCCCCCCCC/C=C\CCCCCC)COP(=O)(O)O. The molecule has 0 rings (SSSR count). The number of carbonyl (C=O) groups excluding carboxylic acids is 2. The molecule has 10 heteroatoms. The lowest BCUT2D eigenvalue weighted by Gasteiger charge is -2.18. The smallest absolute Gasteiger partial charge is 0.462 e. The number of unbranched alkanes of at least 4 members (excludes halogenated alkanes) is 12. The van der Waals surface area contributed by atoms with Crippen LogP contribution in [-0.2, 0) is 28.2 Å². The Morgan fingerprint density at radius 2 is 1.18 bits per heavy atom. The van der Waals surface area contributed by atoms with Gasteiger partial charge in [-0.05, 0) is 70.6 Å². The predicted octanol–water partition coefficient (Wildman–Crippen LogP) is 10.5. The van der Waals surface area contributed by atoms with Gasteiger partial charge in [0.2, 0.25) is 0 Å². The van der Waals surface area contributed by atoms with E-state index in [1.807, 2.05) is 55.5 Å². The topological polar surface area (TPSA) is 140 Å². The number of ether oxygens (including phenoxy) is 2. The molecule has 0 aliphatic rings. The lowest BCUT2D eigenvalue weighted by molar-refractivity contribution is -0.161. The normalized spacial score (nSPS) is 13.9. The Hall–Kier alpha value is -2.55. The molecule has 0 amide bonds. The van der Waals surface area contributed by atoms with Gasteiger partial charge < -0.3 is 24.4 Å². The highest BCUT2D eigenvalue weighted by Gasteiger charge is 2.22. The first-order valence-corrected chi connectivity index (χ1v) is 20.9. The second-order valence-corrected chi connectivity index (χ2v) is 14.0. The first-order valence-electron chi connectivity index (χ1n) is 19.3. The van der Waals surface area contributed by atoms with Crippen LogP contribution in [0.2, 0.25) is 0 Å². The van der Waals surface area contributed by atoms with Crippen molar-refractivity contribution in [3.05, 3.63) is 72.9 Å². The molecule has 0 saturated heterocycles. The molecule has 0 spiro atoms. The van der Waals surface area contributed by atoms with Gasteiger partial charge in [-0.3, -0.25) is 14.1 Å². The number of aliphatic hydroxyl groups is 1. The molecule has 0 saturated carbocycles. The van der Waals surface area contributed by atoms with E-state index in [2.05, 4.69) is 35.8 Å². The first kappa shape index (κ1) is 48.5. The van der Waals surface area contributed by atoms with E-state index < -0.39 is 38.6 Å². The summed E-state index contributed by atoms with van der Waals surface area (Å²) in [6.45, 7) is 3.37. The van der Waals surface area contributed by atoms with Crippen LogP contribution < -0.4 is 0 Å². The summed E-state index contributed by atoms with van der Waals surface area (Å²) < 4.78 is 26.2. The summed E-state index contributed by atoms with van der Waals surface area (Å²) in [6, 6.07) is 0. The molecule has 2 atom stereocenters. The lowest BCUT2D eigenvalue weighted by Crippen LogP contribution is -2.29. The first-order chi connectivity index (χ1) is 24.7. The van der Waals surface area contributed by atoms with Gasteiger partial charge in [0.15, 0.2) is 6.10 Å². The molecular formula is C41H69O9P. The molecular weight excluding hydrogens is 667 g/mol. The number of hydrogen-bond acceptors (Lipinski definition) is 7. The molecule has 0 aromatic rings. The van der Waals surface area contributed by atoms with E-state index in [0.29, 0.717) is 25.7 Å². The third-order valence-electron chi connectivity index (χ3n) is 7.78. The minimum Gasteiger partial charge on any atom is -0.462 e. The summed E-state index contributed by atoms with van der Waals surface area (Å²) in [5, 5.41) is 9.73. The van der Waals surface area contributed by atoms with Crippen molar-refractivity contribution in [3.63, 3.8) is 0 Å². The van der Waals surface area contributed by atoms with Crippen LogP contribution >= 0.6 is 7.82 Å². The zero-order valence-electron chi connectivity index (χ0n) is 31.6. The van der Waals surface area contributed by atoms with Crippen molar-refractivity contribution in [2.24, 2.45) is 0 Å². The number of phosphoric ester groups is 1. The maximum Gasteiger partial charge on any atom is 0.469 e. The van der Waals surface area contributed by atoms with E-state index in [1.54, 1.807) is 0 Å². The summed E-state index contributed by atoms with van der Waals surface area (Å²) in [5.74, 6) is -0.989. The number of hydrogen-bond donors (Lipinski definition) is 3. The molecule has 51 heavy (non-hydrogen) atoms. The van der Waals surface area contributed by atoms with Crippen LogP contribution in [-0.4, -0.2) is 52.3 Å². The van der Waals surface area contributed by atoms with Gasteiger partial charge in [0.25, 0.3) is 0 Å². The Labute approximate surface area is 309 Å². The van der Waals surface area contributed by atoms with Crippen molar-refractivity contribution < 1.29 is 43.0 Å². The molecule has 0 aliphatic heterocycles. The summed E-state index contributed by atoms with van der Waals surface area (Å²) in [5.41, 5.74) is 0. The highest BCUT2D eigenvalue weighted by atomic mass is 31.2. The van der Waals surface area contributed by atoms with Crippen molar-refractivity contribution in [1.29, 1.82) is 0 Å². The number of aliphatic hydroxyl groups excluding tert-OH is 1. The Morgan fingerprint density at radius 3 is 1.84 bits per heavy atom. The quantitative estimate of drug-likeness (QED) is 0.0194. The monoisotopic (exact) mass is 736 g/mol. The summed E-state index contributed by atoms with van der Waals surface area (Å²) in [6.07, 6.45) is 42.5. The third-order valence-corrected chi connectivity index (χ3v) is 8.27. The predicted molar refractivity (Wildman–Crippen MR) is 208 cm³/mol. The van der Waals surface area contributed by atoms with Gasteiger partial charge in [-0.1, -0.05) is 138 Å². The maximum atomic E-state index is 12.4. The molecule has 3 N–H and O–H groups in total. The Bertz CT molecular complexity index is 1070. The number of esters is 2. The fourth-order valence-electron chi connectivity index (χ4n) is 4.89. The van der Waals surface area contributed by atoms with Gasteiger partial charge in [-0.15, -0.1) is 0 Å². The van der Waals surface area contributed by atoms with Gasteiger partial charge in [-0.25, -0.2) is 4.57 Å². The molecule has 0 fully saturated rings. The van der Waals surface area contributed by atoms with Crippen LogP contribution in [0.4, 0.5) is 0 Å². The second kappa shape index (κ2) is 35.8. The number of carbonyl (C=O) groups is 2. The van der Waals surface area contributed by atoms with Crippen molar-refractivity contribution in [2.45, 2.75) is 161 Å². The number of allylic oxidation sites excluding steroid dienone is 10. The number of rotatable bonds is 34. The second-order valence-electron chi connectivity index (χ2n) is 12.7. The van der Waals surface area contributed by atoms with Crippen LogP contribution in [0.15, 0.2) is 72.9 Å². The van der Waals surface area contributed by atoms with E-state index in [0.717, 1.165) is 44.9 Å². The minimum atomic E-state index is -4.78. The minimum absolute atomic E-state index is 0.112. The zero-order valence-corrected chi connectivity index (χ0v) is 32.5. The Kier molecular flexibility index (Phi) is 34.0. The summed E-state index contributed by atoms with van der Waals surface area (Å²) in [7, 11) is -4.78. The van der Waals surface area contributed by atoms with Crippen molar-refractivity contribution in [3.8, 4) is 0 Å². The van der Waals surface area contributed by atoms with Gasteiger partial charge in [0.1, 0.15) is 6.61 Å². The van der Waals surface area contributed by atoms with E-state index in [4.69, 9.17) is 19.3 Å². The Morgan fingerprint density at radius 1 is 0.627 bits per heavy atom. The van der Waals surface area contributed by atoms with E-state index in [-0.39, 0.29) is 19.4 Å². The molecule has 0 aromatic heterocycles. The van der Waals surface area contributed by atoms with Crippen molar-refractivity contribution in [2.75, 3.05) is 13.2 Å². The van der Waals surface area contributed by atoms with Crippen molar-refractivity contribution >= 4 is 19.8 Å². The average molecular weight is 737 g/mol. The lowest BCUT2D eigenvalue weighted by atomic mass is 10.1. The molecule has 9 nitrogen and oxygen atoms in total. The zero-order chi connectivity index (χ0) is 37.7. The fraction of sp³-hybridized carbons (Fsp3) is 0.659. The van der Waals surface area contributed by atoms with E-state index >= 15 is 0 Å². The van der Waals surface area contributed by atoms with Crippen LogP contribution in [0, 0.1) is 0 Å². The molecule has 0 radical (unpaired) electrons. The fourth-order valence-corrected chi connectivity index (χ4v) is 5.25. The largest absolute Gasteiger partial charge is 0.469 e. The van der Waals surface area contributed by atoms with E-state index in [1.165, 1.54) is 51.4 Å². The van der Waals surface area contributed by atoms with Gasteiger partial charge in [0.05, 0.1) is 12.7 Å². The molecule has 0 heterocycles. The average Bonchev–Trinajstić information content (AvgIpc) is 3.09. The molecule has 1 unspecified atom stereocenters. The van der Waals surface area contributed by atoms with Crippen LogP contribution in [0.3, 0.4) is 0 Å². The standard InChI is InChI=1S/C41H69O9P/c1-3-5-7-8-9-10-11-12-13-14-18-21-24-27-30-34-40(43)48-36-39(37-49-51(45,46)47)50-41(44)35-31-28-25-22-19-16-15-17-20-23-26-29-33-38(42)32-6-4-2/h6,10-11,15-16,20,22-23,25-26,29,32,38-39,42H,3-5,7-9,12-14,17-19,21,24,27-28,30-31,33-37H2,1-2H3,(H2,45,46,47)/b11-10-,16-15-,23-20-,25-22-,29-26+,32-6-/t38?,39-/m1/s1. The van der Waals surface area contributed by atoms with E-state index in [9.17, 15) is 19.3 Å². The molecule has 292 valence electrons. The molecule has 0 aromatic carbocycles. The van der Waals surface area contributed by atoms with Gasteiger partial charge in [0, 0.05) is 12.8 Å². The number of phosphoric acid groups is 1. The summed E-state index contributed by atoms with van der Waals surface area (Å²) >= 11 is 0. The van der Waals surface area contributed by atoms with Crippen LogP contribution in [0.5, 0.6) is 0 Å². The van der Waals surface area contributed by atoms with Crippen molar-refractivity contribution in [1.82, 2.24) is 0 Å². The van der Waals surface area contributed by atoms with Crippen LogP contribution in [0.1, 0.15) is 149 Å². The van der Waals surface area contributed by atoms with Crippen LogP contribution in [0.25, 0.3) is 0 Å². The molecule has 0 aliphatic carbocycles. The van der Waals surface area contributed by atoms with Gasteiger partial charge >= 0.3 is 19.8 Å². The van der Waals surface area contributed by atoms with Gasteiger partial charge in [-0.2, -0.15) is 0 Å².